The Morgan fingerprint density at radius 2 is 1.82 bits per heavy atom. The van der Waals surface area contributed by atoms with Crippen LogP contribution in [0.2, 0.25) is 10.0 Å². The molecule has 0 unspecified atom stereocenters. The molecule has 1 aliphatic heterocycles. The van der Waals surface area contributed by atoms with Gasteiger partial charge in [0.15, 0.2) is 0 Å². The van der Waals surface area contributed by atoms with E-state index in [2.05, 4.69) is 17.0 Å². The van der Waals surface area contributed by atoms with Crippen molar-refractivity contribution in [3.63, 3.8) is 0 Å². The molecule has 6 nitrogen and oxygen atoms in total. The van der Waals surface area contributed by atoms with Crippen LogP contribution in [0.4, 0.5) is 0 Å². The smallest absolute Gasteiger partial charge is 0.302 e. The summed E-state index contributed by atoms with van der Waals surface area (Å²) >= 11 is 12.7. The van der Waals surface area contributed by atoms with Gasteiger partial charge in [-0.05, 0) is 75.0 Å². The largest absolute Gasteiger partial charge is 0.493 e. The highest BCUT2D eigenvalue weighted by atomic mass is 35.5. The average Bonchev–Trinajstić information content (AvgIpc) is 2.90. The Morgan fingerprint density at radius 1 is 1.08 bits per heavy atom. The zero-order valence-electron chi connectivity index (χ0n) is 22.8. The molecule has 1 heterocycles. The van der Waals surface area contributed by atoms with E-state index in [9.17, 15) is 4.79 Å². The van der Waals surface area contributed by atoms with Crippen LogP contribution >= 0.6 is 23.2 Å². The number of unbranched alkanes of at least 4 members (excludes halogenated alkanes) is 3. The molecule has 1 saturated heterocycles. The third-order valence-electron chi connectivity index (χ3n) is 6.86. The number of esters is 1. The molecule has 0 aromatic heterocycles. The molecule has 1 aliphatic rings. The lowest BCUT2D eigenvalue weighted by atomic mass is 9.97. The summed E-state index contributed by atoms with van der Waals surface area (Å²) in [6.45, 7) is 7.14. The average molecular weight is 564 g/mol. The van der Waals surface area contributed by atoms with Crippen molar-refractivity contribution < 1.29 is 19.1 Å². The van der Waals surface area contributed by atoms with Gasteiger partial charge in [-0.1, -0.05) is 66.7 Å². The molecule has 8 heteroatoms. The lowest BCUT2D eigenvalue weighted by Crippen LogP contribution is -2.41. The van der Waals surface area contributed by atoms with Crippen molar-refractivity contribution in [2.75, 3.05) is 33.4 Å². The highest BCUT2D eigenvalue weighted by molar-refractivity contribution is 6.35. The molecular weight excluding hydrogens is 523 g/mol. The van der Waals surface area contributed by atoms with Crippen LogP contribution in [0.15, 0.2) is 47.6 Å². The number of piperidine rings is 1. The molecule has 0 radical (unpaired) electrons. The fourth-order valence-corrected chi connectivity index (χ4v) is 5.18. The second-order valence-electron chi connectivity index (χ2n) is 9.91. The minimum atomic E-state index is -0.188. The van der Waals surface area contributed by atoms with Crippen LogP contribution in [0.25, 0.3) is 0 Å². The zero-order valence-corrected chi connectivity index (χ0v) is 24.3. The second-order valence-corrected chi connectivity index (χ2v) is 10.8. The zero-order chi connectivity index (χ0) is 27.3. The number of carbonyl (C=O) groups is 1. The van der Waals surface area contributed by atoms with E-state index in [1.54, 1.807) is 0 Å². The Labute approximate surface area is 237 Å². The van der Waals surface area contributed by atoms with Crippen molar-refractivity contribution >= 4 is 34.9 Å². The summed E-state index contributed by atoms with van der Waals surface area (Å²) in [6, 6.07) is 13.0. The van der Waals surface area contributed by atoms with Crippen molar-refractivity contribution in [2.24, 2.45) is 11.1 Å². The van der Waals surface area contributed by atoms with E-state index in [1.807, 2.05) is 42.5 Å². The predicted octanol–water partition coefficient (Wildman–Crippen LogP) is 7.39. The second kappa shape index (κ2) is 16.0. The third kappa shape index (κ3) is 9.79. The van der Waals surface area contributed by atoms with Gasteiger partial charge in [0, 0.05) is 29.6 Å². The summed E-state index contributed by atoms with van der Waals surface area (Å²) < 4.78 is 11.7. The van der Waals surface area contributed by atoms with Gasteiger partial charge in [-0.3, -0.25) is 9.69 Å². The van der Waals surface area contributed by atoms with Crippen LogP contribution < -0.4 is 4.74 Å². The SMILES string of the molecule is CCCCCC[C@@H](CN1CCC(COc2ccc(/C(=N/OC)c3ccc(Cl)cc3)c(Cl)c2)CC1)OC(C)=O. The maximum atomic E-state index is 11.6. The standard InChI is InChI=1S/C30H40Cl2N2O4/c1-4-5-6-7-8-27(38-22(2)35)20-34-17-15-23(16-18-34)21-37-26-13-14-28(29(32)19-26)30(33-36-3)24-9-11-25(31)12-10-24/h9-14,19,23,27H,4-8,15-18,20-21H2,1-3H3/b33-30+/t27-/m0/s1. The van der Waals surface area contributed by atoms with Crippen molar-refractivity contribution in [1.29, 1.82) is 0 Å². The number of hydrogen-bond acceptors (Lipinski definition) is 6. The van der Waals surface area contributed by atoms with Gasteiger partial charge in [0.1, 0.15) is 24.7 Å². The first-order valence-corrected chi connectivity index (χ1v) is 14.3. The fraction of sp³-hybridized carbons (Fsp3) is 0.533. The maximum absolute atomic E-state index is 11.6. The van der Waals surface area contributed by atoms with Crippen LogP contribution in [0.5, 0.6) is 5.75 Å². The van der Waals surface area contributed by atoms with Crippen molar-refractivity contribution in [3.8, 4) is 5.75 Å². The van der Waals surface area contributed by atoms with E-state index >= 15 is 0 Å². The van der Waals surface area contributed by atoms with E-state index in [0.717, 1.165) is 62.2 Å². The Kier molecular flexibility index (Phi) is 12.7. The van der Waals surface area contributed by atoms with Crippen LogP contribution in [-0.4, -0.2) is 56.0 Å². The molecule has 0 amide bonds. The number of nitrogens with zero attached hydrogens (tertiary/aromatic N) is 2. The topological polar surface area (TPSA) is 60.4 Å². The summed E-state index contributed by atoms with van der Waals surface area (Å²) in [6.07, 6.45) is 7.76. The lowest BCUT2D eigenvalue weighted by Gasteiger charge is -2.34. The highest BCUT2D eigenvalue weighted by Crippen LogP contribution is 2.27. The van der Waals surface area contributed by atoms with Gasteiger partial charge < -0.3 is 14.3 Å². The van der Waals surface area contributed by atoms with Crippen LogP contribution in [0, 0.1) is 5.92 Å². The first-order chi connectivity index (χ1) is 18.4. The Balaban J connectivity index is 1.50. The lowest BCUT2D eigenvalue weighted by molar-refractivity contribution is -0.147. The van der Waals surface area contributed by atoms with Crippen LogP contribution in [-0.2, 0) is 14.4 Å². The van der Waals surface area contributed by atoms with E-state index in [1.165, 1.54) is 33.3 Å². The summed E-state index contributed by atoms with van der Waals surface area (Å²) in [5.41, 5.74) is 2.24. The number of halogens is 2. The number of oxime groups is 1. The predicted molar refractivity (Wildman–Crippen MR) is 155 cm³/mol. The third-order valence-corrected chi connectivity index (χ3v) is 7.43. The normalized spacial score (nSPS) is 15.8. The van der Waals surface area contributed by atoms with Crippen molar-refractivity contribution in [2.45, 2.75) is 64.9 Å². The van der Waals surface area contributed by atoms with Gasteiger partial charge in [0.2, 0.25) is 0 Å². The molecule has 0 aliphatic carbocycles. The maximum Gasteiger partial charge on any atom is 0.302 e. The molecule has 38 heavy (non-hydrogen) atoms. The number of likely N-dealkylation sites (tertiary alicyclic amines) is 1. The molecule has 208 valence electrons. The number of ether oxygens (including phenoxy) is 2. The molecule has 0 N–H and O–H groups in total. The first kappa shape index (κ1) is 30.3. The van der Waals surface area contributed by atoms with E-state index in [4.69, 9.17) is 37.5 Å². The Bertz CT molecular complexity index is 1040. The monoisotopic (exact) mass is 562 g/mol. The van der Waals surface area contributed by atoms with E-state index < -0.39 is 0 Å². The Morgan fingerprint density at radius 3 is 2.45 bits per heavy atom. The van der Waals surface area contributed by atoms with E-state index in [0.29, 0.717) is 28.3 Å². The molecule has 0 spiro atoms. The van der Waals surface area contributed by atoms with Crippen LogP contribution in [0.3, 0.4) is 0 Å². The summed E-state index contributed by atoms with van der Waals surface area (Å²) in [7, 11) is 1.51. The van der Waals surface area contributed by atoms with E-state index in [-0.39, 0.29) is 12.1 Å². The number of benzene rings is 2. The number of hydrogen-bond donors (Lipinski definition) is 0. The molecule has 2 aromatic rings. The molecular formula is C30H40Cl2N2O4. The van der Waals surface area contributed by atoms with Gasteiger partial charge in [-0.25, -0.2) is 0 Å². The van der Waals surface area contributed by atoms with Crippen molar-refractivity contribution in [3.05, 3.63) is 63.6 Å². The summed E-state index contributed by atoms with van der Waals surface area (Å²) in [5, 5.41) is 5.38. The molecule has 2 aromatic carbocycles. The summed E-state index contributed by atoms with van der Waals surface area (Å²) in [4.78, 5) is 19.1. The highest BCUT2D eigenvalue weighted by Gasteiger charge is 2.23. The quantitative estimate of drug-likeness (QED) is 0.104. The first-order valence-electron chi connectivity index (χ1n) is 13.6. The molecule has 1 atom stereocenters. The number of carbonyl (C=O) groups excluding carboxylic acids is 1. The van der Waals surface area contributed by atoms with Gasteiger partial charge in [-0.15, -0.1) is 0 Å². The summed E-state index contributed by atoms with van der Waals surface area (Å²) in [5.74, 6) is 1.02. The molecule has 0 bridgehead atoms. The van der Waals surface area contributed by atoms with Gasteiger partial charge in [0.25, 0.3) is 0 Å². The Hall–Kier alpha value is -2.28. The van der Waals surface area contributed by atoms with Gasteiger partial charge in [-0.2, -0.15) is 0 Å². The minimum absolute atomic E-state index is 0.0165. The number of rotatable bonds is 14. The van der Waals surface area contributed by atoms with Gasteiger partial charge >= 0.3 is 5.97 Å². The molecule has 3 rings (SSSR count). The van der Waals surface area contributed by atoms with Gasteiger partial charge in [0.05, 0.1) is 11.6 Å². The molecule has 1 fully saturated rings. The molecule has 0 saturated carbocycles. The minimum Gasteiger partial charge on any atom is -0.493 e. The van der Waals surface area contributed by atoms with Crippen LogP contribution in [0.1, 0.15) is 69.9 Å². The fourth-order valence-electron chi connectivity index (χ4n) is 4.79. The van der Waals surface area contributed by atoms with Crippen molar-refractivity contribution in [1.82, 2.24) is 4.90 Å².